The van der Waals surface area contributed by atoms with Crippen LogP contribution in [0, 0.1) is 0 Å². The predicted molar refractivity (Wildman–Crippen MR) is 77.2 cm³/mol. The minimum absolute atomic E-state index is 0.146. The van der Waals surface area contributed by atoms with Crippen LogP contribution in [0.2, 0.25) is 0 Å². The molecular formula is C15H19NOS. The third-order valence-corrected chi connectivity index (χ3v) is 5.07. The van der Waals surface area contributed by atoms with E-state index in [0.29, 0.717) is 0 Å². The summed E-state index contributed by atoms with van der Waals surface area (Å²) in [5.74, 6) is 0. The number of nitrogens with one attached hydrogen (secondary N) is 1. The van der Waals surface area contributed by atoms with Crippen molar-refractivity contribution in [3.8, 4) is 0 Å². The Morgan fingerprint density at radius 3 is 2.94 bits per heavy atom. The number of thiophene rings is 1. The highest BCUT2D eigenvalue weighted by molar-refractivity contribution is 7.19. The van der Waals surface area contributed by atoms with Gasteiger partial charge in [-0.05, 0) is 30.9 Å². The molecule has 18 heavy (non-hydrogen) atoms. The van der Waals surface area contributed by atoms with Crippen LogP contribution >= 0.6 is 11.3 Å². The van der Waals surface area contributed by atoms with Gasteiger partial charge in [0.05, 0.1) is 6.61 Å². The lowest BCUT2D eigenvalue weighted by Crippen LogP contribution is -2.52. The molecule has 3 rings (SSSR count). The molecule has 2 atom stereocenters. The van der Waals surface area contributed by atoms with Crippen LogP contribution in [0.5, 0.6) is 0 Å². The summed E-state index contributed by atoms with van der Waals surface area (Å²) in [6.45, 7) is 6.14. The lowest BCUT2D eigenvalue weighted by molar-refractivity contribution is -0.0281. The van der Waals surface area contributed by atoms with E-state index in [0.717, 1.165) is 19.6 Å². The fourth-order valence-corrected chi connectivity index (χ4v) is 3.42. The van der Waals surface area contributed by atoms with Gasteiger partial charge in [0.25, 0.3) is 0 Å². The van der Waals surface area contributed by atoms with E-state index in [1.165, 1.54) is 15.0 Å². The van der Waals surface area contributed by atoms with Gasteiger partial charge in [-0.3, -0.25) is 0 Å². The van der Waals surface area contributed by atoms with Crippen molar-refractivity contribution < 1.29 is 4.74 Å². The summed E-state index contributed by atoms with van der Waals surface area (Å²) in [6, 6.07) is 10.8. The molecule has 1 aliphatic rings. The first-order valence-corrected chi connectivity index (χ1v) is 7.37. The zero-order valence-corrected chi connectivity index (χ0v) is 11.7. The Morgan fingerprint density at radius 1 is 1.44 bits per heavy atom. The zero-order valence-electron chi connectivity index (χ0n) is 10.9. The van der Waals surface area contributed by atoms with Crippen LogP contribution < -0.4 is 5.32 Å². The summed E-state index contributed by atoms with van der Waals surface area (Å²) in [7, 11) is 0. The van der Waals surface area contributed by atoms with E-state index in [4.69, 9.17) is 4.74 Å². The van der Waals surface area contributed by atoms with Crippen LogP contribution in [0.1, 0.15) is 31.2 Å². The average Bonchev–Trinajstić information content (AvgIpc) is 2.83. The number of ether oxygens (including phenoxy) is 1. The van der Waals surface area contributed by atoms with Crippen molar-refractivity contribution in [2.45, 2.75) is 31.9 Å². The first-order chi connectivity index (χ1) is 8.70. The molecule has 1 aromatic carbocycles. The quantitative estimate of drug-likeness (QED) is 0.889. The molecular weight excluding hydrogens is 242 g/mol. The second-order valence-electron chi connectivity index (χ2n) is 5.28. The van der Waals surface area contributed by atoms with E-state index in [-0.39, 0.29) is 11.6 Å². The number of morpholine rings is 1. The lowest BCUT2D eigenvalue weighted by Gasteiger charge is -2.37. The number of benzene rings is 1. The van der Waals surface area contributed by atoms with E-state index in [2.05, 4.69) is 49.5 Å². The Labute approximate surface area is 112 Å². The molecule has 1 aliphatic heterocycles. The molecule has 0 spiro atoms. The van der Waals surface area contributed by atoms with E-state index in [1.54, 1.807) is 0 Å². The SMILES string of the molecule is CCC1(C)COC(c2cc3ccccc3s2)CN1. The molecule has 0 amide bonds. The van der Waals surface area contributed by atoms with Crippen molar-refractivity contribution in [1.82, 2.24) is 5.32 Å². The molecule has 0 radical (unpaired) electrons. The second-order valence-corrected chi connectivity index (χ2v) is 6.40. The molecule has 1 aromatic heterocycles. The number of hydrogen-bond donors (Lipinski definition) is 1. The maximum Gasteiger partial charge on any atom is 0.104 e. The number of fused-ring (bicyclic) bond motifs is 1. The Hall–Kier alpha value is -0.900. The fraction of sp³-hybridized carbons (Fsp3) is 0.467. The van der Waals surface area contributed by atoms with Crippen molar-refractivity contribution in [2.24, 2.45) is 0 Å². The summed E-state index contributed by atoms with van der Waals surface area (Å²) < 4.78 is 7.40. The summed E-state index contributed by atoms with van der Waals surface area (Å²) in [5.41, 5.74) is 0.146. The van der Waals surface area contributed by atoms with Gasteiger partial charge in [-0.2, -0.15) is 0 Å². The highest BCUT2D eigenvalue weighted by Crippen LogP contribution is 2.33. The van der Waals surface area contributed by atoms with Gasteiger partial charge in [0.15, 0.2) is 0 Å². The van der Waals surface area contributed by atoms with Gasteiger partial charge < -0.3 is 10.1 Å². The summed E-state index contributed by atoms with van der Waals surface area (Å²) in [4.78, 5) is 1.34. The first kappa shape index (κ1) is 12.2. The van der Waals surface area contributed by atoms with E-state index in [9.17, 15) is 0 Å². The van der Waals surface area contributed by atoms with Gasteiger partial charge >= 0.3 is 0 Å². The van der Waals surface area contributed by atoms with Crippen LogP contribution in [-0.2, 0) is 4.74 Å². The second kappa shape index (κ2) is 4.65. The number of rotatable bonds is 2. The van der Waals surface area contributed by atoms with E-state index in [1.807, 2.05) is 11.3 Å². The molecule has 0 saturated carbocycles. The van der Waals surface area contributed by atoms with Gasteiger partial charge in [-0.15, -0.1) is 11.3 Å². The Bertz CT molecular complexity index is 507. The fourth-order valence-electron chi connectivity index (χ4n) is 2.30. The smallest absolute Gasteiger partial charge is 0.104 e. The maximum atomic E-state index is 6.05. The first-order valence-electron chi connectivity index (χ1n) is 6.55. The van der Waals surface area contributed by atoms with Crippen molar-refractivity contribution in [2.75, 3.05) is 13.2 Å². The maximum absolute atomic E-state index is 6.05. The third-order valence-electron chi connectivity index (χ3n) is 3.86. The molecule has 2 heterocycles. The molecule has 1 saturated heterocycles. The molecule has 2 nitrogen and oxygen atoms in total. The van der Waals surface area contributed by atoms with Crippen LogP contribution in [-0.4, -0.2) is 18.7 Å². The van der Waals surface area contributed by atoms with Gasteiger partial charge in [0, 0.05) is 21.7 Å². The molecule has 0 bridgehead atoms. The highest BCUT2D eigenvalue weighted by Gasteiger charge is 2.30. The Morgan fingerprint density at radius 2 is 2.28 bits per heavy atom. The Kier molecular flexibility index (Phi) is 3.14. The van der Waals surface area contributed by atoms with Gasteiger partial charge in [-0.1, -0.05) is 25.1 Å². The molecule has 1 N–H and O–H groups in total. The molecule has 2 aromatic rings. The predicted octanol–water partition coefficient (Wildman–Crippen LogP) is 3.73. The van der Waals surface area contributed by atoms with Crippen molar-refractivity contribution in [3.63, 3.8) is 0 Å². The van der Waals surface area contributed by atoms with Crippen molar-refractivity contribution in [3.05, 3.63) is 35.2 Å². The van der Waals surface area contributed by atoms with Gasteiger partial charge in [0.2, 0.25) is 0 Å². The van der Waals surface area contributed by atoms with Crippen LogP contribution in [0.3, 0.4) is 0 Å². The van der Waals surface area contributed by atoms with Crippen LogP contribution in [0.25, 0.3) is 10.1 Å². The summed E-state index contributed by atoms with van der Waals surface area (Å²) in [6.07, 6.45) is 1.31. The highest BCUT2D eigenvalue weighted by atomic mass is 32.1. The minimum atomic E-state index is 0.146. The third kappa shape index (κ3) is 2.18. The van der Waals surface area contributed by atoms with Crippen LogP contribution in [0.15, 0.2) is 30.3 Å². The average molecular weight is 261 g/mol. The largest absolute Gasteiger partial charge is 0.369 e. The molecule has 2 unspecified atom stereocenters. The lowest BCUT2D eigenvalue weighted by atomic mass is 9.98. The normalized spacial score (nSPS) is 28.7. The molecule has 0 aliphatic carbocycles. The summed E-state index contributed by atoms with van der Waals surface area (Å²) in [5, 5.41) is 4.94. The van der Waals surface area contributed by atoms with Gasteiger partial charge in [0.1, 0.15) is 6.10 Å². The topological polar surface area (TPSA) is 21.3 Å². The molecule has 1 fully saturated rings. The van der Waals surface area contributed by atoms with Crippen molar-refractivity contribution in [1.29, 1.82) is 0 Å². The molecule has 96 valence electrons. The monoisotopic (exact) mass is 261 g/mol. The Balaban J connectivity index is 1.80. The molecule has 3 heteroatoms. The van der Waals surface area contributed by atoms with E-state index >= 15 is 0 Å². The van der Waals surface area contributed by atoms with Crippen molar-refractivity contribution >= 4 is 21.4 Å². The van der Waals surface area contributed by atoms with Crippen LogP contribution in [0.4, 0.5) is 0 Å². The standard InChI is InChI=1S/C15H19NOS/c1-3-15(2)10-17-12(9-16-15)14-8-11-6-4-5-7-13(11)18-14/h4-8,12,16H,3,9-10H2,1-2H3. The van der Waals surface area contributed by atoms with E-state index < -0.39 is 0 Å². The van der Waals surface area contributed by atoms with Gasteiger partial charge in [-0.25, -0.2) is 0 Å². The number of hydrogen-bond acceptors (Lipinski definition) is 3. The zero-order chi connectivity index (χ0) is 12.6. The minimum Gasteiger partial charge on any atom is -0.369 e. The summed E-state index contributed by atoms with van der Waals surface area (Å²) >= 11 is 1.85.